The number of nitrogen functional groups attached to an aromatic ring is 1. The number of nitrogens with two attached hydrogens (primary N) is 1. The molecule has 0 unspecified atom stereocenters. The highest BCUT2D eigenvalue weighted by Gasteiger charge is 2.06. The molecule has 0 radical (unpaired) electrons. The molecular formula is C12H12BrN3O2. The van der Waals surface area contributed by atoms with Crippen LogP contribution in [0, 0.1) is 10.1 Å². The average Bonchev–Trinajstić information content (AvgIpc) is 2.33. The number of non-ortho nitro benzene ring substituents is 1. The lowest BCUT2D eigenvalue weighted by Gasteiger charge is -1.98. The van der Waals surface area contributed by atoms with Crippen molar-refractivity contribution in [1.82, 2.24) is 0 Å². The molecule has 1 aromatic carbocycles. The van der Waals surface area contributed by atoms with Crippen LogP contribution in [0.4, 0.5) is 11.4 Å². The van der Waals surface area contributed by atoms with Crippen LogP contribution in [0.25, 0.3) is 0 Å². The predicted molar refractivity (Wildman–Crippen MR) is 63.2 cm³/mol. The SMILES string of the molecule is Nc1cc[n+](Cc2ccc([N+](=O)[O-])cc2)cc1.[Br-]. The Morgan fingerprint density at radius 3 is 2.17 bits per heavy atom. The molecule has 2 rings (SSSR count). The van der Waals surface area contributed by atoms with E-state index in [2.05, 4.69) is 0 Å². The van der Waals surface area contributed by atoms with E-state index < -0.39 is 4.92 Å². The molecule has 1 aromatic heterocycles. The van der Waals surface area contributed by atoms with Crippen molar-refractivity contribution < 1.29 is 26.5 Å². The van der Waals surface area contributed by atoms with Gasteiger partial charge in [0.15, 0.2) is 18.9 Å². The quantitative estimate of drug-likeness (QED) is 0.427. The van der Waals surface area contributed by atoms with Crippen LogP contribution in [0.1, 0.15) is 5.56 Å². The summed E-state index contributed by atoms with van der Waals surface area (Å²) in [6.07, 6.45) is 3.74. The predicted octanol–water partition coefficient (Wildman–Crippen LogP) is -1.48. The minimum absolute atomic E-state index is 0. The first-order valence-corrected chi connectivity index (χ1v) is 5.13. The van der Waals surface area contributed by atoms with Gasteiger partial charge >= 0.3 is 0 Å². The van der Waals surface area contributed by atoms with Crippen LogP contribution in [0.5, 0.6) is 0 Å². The topological polar surface area (TPSA) is 73.0 Å². The lowest BCUT2D eigenvalue weighted by Crippen LogP contribution is -3.00. The Morgan fingerprint density at radius 2 is 1.67 bits per heavy atom. The molecule has 0 atom stereocenters. The number of aromatic nitrogens is 1. The maximum atomic E-state index is 10.5. The third kappa shape index (κ3) is 3.53. The van der Waals surface area contributed by atoms with Crippen molar-refractivity contribution in [2.75, 3.05) is 5.73 Å². The van der Waals surface area contributed by atoms with E-state index in [9.17, 15) is 10.1 Å². The number of halogens is 1. The van der Waals surface area contributed by atoms with Gasteiger partial charge in [0.25, 0.3) is 5.69 Å². The second-order valence-corrected chi connectivity index (χ2v) is 3.73. The van der Waals surface area contributed by atoms with Crippen molar-refractivity contribution in [3.8, 4) is 0 Å². The molecule has 0 saturated heterocycles. The summed E-state index contributed by atoms with van der Waals surface area (Å²) in [6, 6.07) is 10.1. The molecule has 94 valence electrons. The fraction of sp³-hybridized carbons (Fsp3) is 0.0833. The number of nitrogens with zero attached hydrogens (tertiary/aromatic N) is 2. The van der Waals surface area contributed by atoms with Crippen molar-refractivity contribution in [2.24, 2.45) is 0 Å². The number of nitro groups is 1. The van der Waals surface area contributed by atoms with Gasteiger partial charge in [-0.1, -0.05) is 0 Å². The Hall–Kier alpha value is -1.95. The molecule has 0 aliphatic rings. The molecule has 6 heteroatoms. The van der Waals surface area contributed by atoms with Gasteiger partial charge in [0.1, 0.15) is 0 Å². The smallest absolute Gasteiger partial charge is 0.269 e. The highest BCUT2D eigenvalue weighted by molar-refractivity contribution is 5.33. The third-order valence-electron chi connectivity index (χ3n) is 2.43. The summed E-state index contributed by atoms with van der Waals surface area (Å²) in [7, 11) is 0. The van der Waals surface area contributed by atoms with Gasteiger partial charge in [0.05, 0.1) is 4.92 Å². The highest BCUT2D eigenvalue weighted by atomic mass is 79.9. The molecule has 1 heterocycles. The van der Waals surface area contributed by atoms with Crippen LogP contribution < -0.4 is 27.3 Å². The molecule has 0 aliphatic carbocycles. The lowest BCUT2D eigenvalue weighted by molar-refractivity contribution is -0.688. The van der Waals surface area contributed by atoms with E-state index in [4.69, 9.17) is 5.73 Å². The average molecular weight is 310 g/mol. The summed E-state index contributed by atoms with van der Waals surface area (Å²) in [6.45, 7) is 0.665. The van der Waals surface area contributed by atoms with Crippen LogP contribution in [0.3, 0.4) is 0 Å². The molecule has 0 spiro atoms. The van der Waals surface area contributed by atoms with E-state index in [1.807, 2.05) is 29.1 Å². The van der Waals surface area contributed by atoms with Crippen molar-refractivity contribution in [3.05, 3.63) is 64.5 Å². The zero-order chi connectivity index (χ0) is 12.3. The Kier molecular flexibility index (Phi) is 4.79. The molecular weight excluding hydrogens is 298 g/mol. The van der Waals surface area contributed by atoms with Crippen molar-refractivity contribution in [1.29, 1.82) is 0 Å². The molecule has 0 amide bonds. The molecule has 2 aromatic rings. The second kappa shape index (κ2) is 6.11. The highest BCUT2D eigenvalue weighted by Crippen LogP contribution is 2.11. The van der Waals surface area contributed by atoms with Crippen molar-refractivity contribution >= 4 is 11.4 Å². The van der Waals surface area contributed by atoms with Gasteiger partial charge in [0, 0.05) is 35.5 Å². The molecule has 0 bridgehead atoms. The van der Waals surface area contributed by atoms with Crippen molar-refractivity contribution in [3.63, 3.8) is 0 Å². The standard InChI is InChI=1S/C12H11N3O2.BrH/c13-11-5-7-14(8-6-11)9-10-1-3-12(4-2-10)15(16)17;/h1-8,13H,9H2;1H. The van der Waals surface area contributed by atoms with E-state index in [-0.39, 0.29) is 22.7 Å². The number of nitro benzene ring substituents is 1. The third-order valence-corrected chi connectivity index (χ3v) is 2.43. The first kappa shape index (κ1) is 14.1. The molecule has 0 fully saturated rings. The number of benzene rings is 1. The summed E-state index contributed by atoms with van der Waals surface area (Å²) >= 11 is 0. The van der Waals surface area contributed by atoms with E-state index in [1.165, 1.54) is 12.1 Å². The largest absolute Gasteiger partial charge is 1.00 e. The summed E-state index contributed by atoms with van der Waals surface area (Å²) in [5, 5.41) is 10.5. The lowest BCUT2D eigenvalue weighted by atomic mass is 10.2. The first-order chi connectivity index (χ1) is 8.15. The van der Waals surface area contributed by atoms with Gasteiger partial charge in [-0.05, 0) is 12.1 Å². The zero-order valence-electron chi connectivity index (χ0n) is 9.49. The van der Waals surface area contributed by atoms with Gasteiger partial charge in [0.2, 0.25) is 0 Å². The molecule has 0 aliphatic heterocycles. The monoisotopic (exact) mass is 309 g/mol. The maximum absolute atomic E-state index is 10.5. The summed E-state index contributed by atoms with van der Waals surface area (Å²) < 4.78 is 1.96. The fourth-order valence-corrected chi connectivity index (χ4v) is 1.51. The van der Waals surface area contributed by atoms with Crippen LogP contribution in [0.15, 0.2) is 48.8 Å². The number of hydrogen-bond acceptors (Lipinski definition) is 3. The fourth-order valence-electron chi connectivity index (χ4n) is 1.51. The Bertz CT molecular complexity index is 526. The number of rotatable bonds is 3. The minimum Gasteiger partial charge on any atom is -1.00 e. The van der Waals surface area contributed by atoms with Crippen LogP contribution in [-0.4, -0.2) is 4.92 Å². The van der Waals surface area contributed by atoms with E-state index in [0.717, 1.165) is 5.56 Å². The Balaban J connectivity index is 0.00000162. The summed E-state index contributed by atoms with van der Waals surface area (Å²) in [4.78, 5) is 10.1. The first-order valence-electron chi connectivity index (χ1n) is 5.13. The Morgan fingerprint density at radius 1 is 1.11 bits per heavy atom. The van der Waals surface area contributed by atoms with Crippen molar-refractivity contribution in [2.45, 2.75) is 6.54 Å². The van der Waals surface area contributed by atoms with Gasteiger partial charge in [-0.15, -0.1) is 0 Å². The number of anilines is 1. The number of hydrogen-bond donors (Lipinski definition) is 1. The van der Waals surface area contributed by atoms with Crippen LogP contribution in [-0.2, 0) is 6.54 Å². The molecule has 2 N–H and O–H groups in total. The minimum atomic E-state index is -0.403. The van der Waals surface area contributed by atoms with Crippen LogP contribution >= 0.6 is 0 Å². The summed E-state index contributed by atoms with van der Waals surface area (Å²) in [5.41, 5.74) is 7.41. The maximum Gasteiger partial charge on any atom is 0.269 e. The number of pyridine rings is 1. The van der Waals surface area contributed by atoms with E-state index in [1.54, 1.807) is 12.1 Å². The van der Waals surface area contributed by atoms with E-state index >= 15 is 0 Å². The van der Waals surface area contributed by atoms with Crippen LogP contribution in [0.2, 0.25) is 0 Å². The second-order valence-electron chi connectivity index (χ2n) is 3.73. The molecule has 5 nitrogen and oxygen atoms in total. The summed E-state index contributed by atoms with van der Waals surface area (Å²) in [5.74, 6) is 0. The van der Waals surface area contributed by atoms with E-state index in [0.29, 0.717) is 12.2 Å². The molecule has 18 heavy (non-hydrogen) atoms. The zero-order valence-corrected chi connectivity index (χ0v) is 11.1. The molecule has 0 saturated carbocycles. The van der Waals surface area contributed by atoms with Gasteiger partial charge in [-0.2, -0.15) is 0 Å². The Labute approximate surface area is 115 Å². The van der Waals surface area contributed by atoms with Gasteiger partial charge in [-0.3, -0.25) is 10.1 Å². The van der Waals surface area contributed by atoms with Gasteiger partial charge < -0.3 is 22.7 Å². The van der Waals surface area contributed by atoms with Gasteiger partial charge in [-0.25, -0.2) is 4.57 Å². The normalized spacial score (nSPS) is 9.56.